The van der Waals surface area contributed by atoms with Crippen molar-refractivity contribution >= 4 is 21.6 Å². The van der Waals surface area contributed by atoms with Gasteiger partial charge < -0.3 is 5.32 Å². The zero-order chi connectivity index (χ0) is 21.8. The van der Waals surface area contributed by atoms with Gasteiger partial charge >= 0.3 is 0 Å². The molecule has 0 saturated carbocycles. The highest BCUT2D eigenvalue weighted by Gasteiger charge is 2.33. The number of nitrogens with one attached hydrogen (secondary N) is 1. The summed E-state index contributed by atoms with van der Waals surface area (Å²) in [5.41, 5.74) is 2.58. The Morgan fingerprint density at radius 1 is 1.13 bits per heavy atom. The predicted molar refractivity (Wildman–Crippen MR) is 115 cm³/mol. The molecule has 0 bridgehead atoms. The molecule has 31 heavy (non-hydrogen) atoms. The fourth-order valence-corrected chi connectivity index (χ4v) is 5.17. The largest absolute Gasteiger partial charge is 0.326 e. The SMILES string of the molecule is CCc1ccc(NC(=O)[C@@H]2CCCN(S(=O)(=O)c3ccc(-n4cnnn4)cc3)C2)cc1. The molecule has 1 N–H and O–H groups in total. The molecule has 0 radical (unpaired) electrons. The van der Waals surface area contributed by atoms with Crippen LogP contribution in [0.2, 0.25) is 0 Å². The second kappa shape index (κ2) is 8.94. The van der Waals surface area contributed by atoms with Crippen molar-refractivity contribution < 1.29 is 13.2 Å². The van der Waals surface area contributed by atoms with Crippen LogP contribution in [0, 0.1) is 5.92 Å². The van der Waals surface area contributed by atoms with E-state index in [4.69, 9.17) is 0 Å². The summed E-state index contributed by atoms with van der Waals surface area (Å²) in [6, 6.07) is 14.1. The first-order valence-corrected chi connectivity index (χ1v) is 11.6. The van der Waals surface area contributed by atoms with Gasteiger partial charge in [-0.2, -0.15) is 4.31 Å². The van der Waals surface area contributed by atoms with E-state index in [1.807, 2.05) is 24.3 Å². The number of hydrogen-bond acceptors (Lipinski definition) is 6. The third kappa shape index (κ3) is 4.64. The van der Waals surface area contributed by atoms with Crippen LogP contribution in [-0.2, 0) is 21.2 Å². The first-order valence-electron chi connectivity index (χ1n) is 10.2. The minimum absolute atomic E-state index is 0.154. The van der Waals surface area contributed by atoms with Gasteiger partial charge in [-0.1, -0.05) is 19.1 Å². The van der Waals surface area contributed by atoms with E-state index in [2.05, 4.69) is 27.8 Å². The minimum Gasteiger partial charge on any atom is -0.326 e. The van der Waals surface area contributed by atoms with Gasteiger partial charge in [0.25, 0.3) is 0 Å². The van der Waals surface area contributed by atoms with Crippen LogP contribution in [-0.4, -0.2) is 51.9 Å². The van der Waals surface area contributed by atoms with E-state index in [-0.39, 0.29) is 17.3 Å². The maximum absolute atomic E-state index is 13.1. The number of rotatable bonds is 6. The molecule has 4 rings (SSSR count). The fourth-order valence-electron chi connectivity index (χ4n) is 3.64. The Kier molecular flexibility index (Phi) is 6.10. The smallest absolute Gasteiger partial charge is 0.243 e. The molecule has 10 heteroatoms. The van der Waals surface area contributed by atoms with Crippen molar-refractivity contribution in [3.05, 3.63) is 60.4 Å². The molecular formula is C21H24N6O3S. The number of aromatic nitrogens is 4. The maximum atomic E-state index is 13.1. The number of aryl methyl sites for hydroxylation is 1. The molecule has 2 aromatic carbocycles. The molecule has 1 saturated heterocycles. The summed E-state index contributed by atoms with van der Waals surface area (Å²) < 4.78 is 29.1. The van der Waals surface area contributed by atoms with Crippen LogP contribution >= 0.6 is 0 Å². The second-order valence-corrected chi connectivity index (χ2v) is 9.43. The summed E-state index contributed by atoms with van der Waals surface area (Å²) in [5.74, 6) is -0.548. The van der Waals surface area contributed by atoms with Gasteiger partial charge in [0.2, 0.25) is 15.9 Å². The van der Waals surface area contributed by atoms with Gasteiger partial charge in [0.15, 0.2) is 0 Å². The molecule has 162 valence electrons. The minimum atomic E-state index is -3.70. The number of anilines is 1. The van der Waals surface area contributed by atoms with E-state index < -0.39 is 15.9 Å². The normalized spacial score (nSPS) is 17.4. The average molecular weight is 441 g/mol. The van der Waals surface area contributed by atoms with E-state index in [1.54, 1.807) is 12.1 Å². The zero-order valence-electron chi connectivity index (χ0n) is 17.2. The number of tetrazole rings is 1. The standard InChI is InChI=1S/C21H24N6O3S/c1-2-16-5-7-18(8-6-16)23-21(28)17-4-3-13-26(14-17)31(29,30)20-11-9-19(10-12-20)27-15-22-24-25-27/h5-12,15,17H,2-4,13-14H2,1H3,(H,23,28)/t17-/m1/s1. The number of carbonyl (C=O) groups is 1. The van der Waals surface area contributed by atoms with Gasteiger partial charge in [0.1, 0.15) is 6.33 Å². The summed E-state index contributed by atoms with van der Waals surface area (Å²) in [5, 5.41) is 13.9. The fraction of sp³-hybridized carbons (Fsp3) is 0.333. The van der Waals surface area contributed by atoms with Crippen LogP contribution in [0.1, 0.15) is 25.3 Å². The maximum Gasteiger partial charge on any atom is 0.243 e. The lowest BCUT2D eigenvalue weighted by molar-refractivity contribution is -0.120. The monoisotopic (exact) mass is 440 g/mol. The predicted octanol–water partition coefficient (Wildman–Crippen LogP) is 2.26. The Labute approximate surface area is 181 Å². The Hall–Kier alpha value is -3.11. The van der Waals surface area contributed by atoms with E-state index in [9.17, 15) is 13.2 Å². The highest BCUT2D eigenvalue weighted by molar-refractivity contribution is 7.89. The topological polar surface area (TPSA) is 110 Å². The summed E-state index contributed by atoms with van der Waals surface area (Å²) in [4.78, 5) is 12.9. The number of amides is 1. The van der Waals surface area contributed by atoms with Gasteiger partial charge in [0, 0.05) is 18.8 Å². The molecule has 1 aliphatic rings. The number of carbonyl (C=O) groups excluding carboxylic acids is 1. The molecule has 3 aromatic rings. The molecule has 0 unspecified atom stereocenters. The summed E-state index contributed by atoms with van der Waals surface area (Å²) in [7, 11) is -3.70. The molecule has 1 aliphatic heterocycles. The van der Waals surface area contributed by atoms with Crippen LogP contribution in [0.3, 0.4) is 0 Å². The van der Waals surface area contributed by atoms with Crippen molar-refractivity contribution in [2.24, 2.45) is 5.92 Å². The molecule has 1 atom stereocenters. The Morgan fingerprint density at radius 2 is 1.87 bits per heavy atom. The van der Waals surface area contributed by atoms with Crippen LogP contribution in [0.15, 0.2) is 59.8 Å². The Bertz CT molecular complexity index is 1130. The van der Waals surface area contributed by atoms with Crippen molar-refractivity contribution in [1.29, 1.82) is 0 Å². The second-order valence-electron chi connectivity index (χ2n) is 7.49. The number of benzene rings is 2. The highest BCUT2D eigenvalue weighted by atomic mass is 32.2. The zero-order valence-corrected chi connectivity index (χ0v) is 18.0. The Balaban J connectivity index is 1.44. The molecule has 0 spiro atoms. The number of sulfonamides is 1. The summed E-state index contributed by atoms with van der Waals surface area (Å²) in [6.45, 7) is 2.63. The van der Waals surface area contributed by atoms with Crippen molar-refractivity contribution in [1.82, 2.24) is 24.5 Å². The first-order chi connectivity index (χ1) is 15.0. The third-order valence-electron chi connectivity index (χ3n) is 5.47. The van der Waals surface area contributed by atoms with Crippen molar-refractivity contribution in [2.75, 3.05) is 18.4 Å². The van der Waals surface area contributed by atoms with E-state index >= 15 is 0 Å². The van der Waals surface area contributed by atoms with E-state index in [0.717, 1.165) is 12.1 Å². The van der Waals surface area contributed by atoms with Gasteiger partial charge in [0.05, 0.1) is 16.5 Å². The number of hydrogen-bond donors (Lipinski definition) is 1. The molecule has 1 fully saturated rings. The lowest BCUT2D eigenvalue weighted by atomic mass is 9.98. The third-order valence-corrected chi connectivity index (χ3v) is 7.35. The number of nitrogens with zero attached hydrogens (tertiary/aromatic N) is 5. The van der Waals surface area contributed by atoms with Gasteiger partial charge in [-0.25, -0.2) is 13.1 Å². The van der Waals surface area contributed by atoms with Crippen LogP contribution < -0.4 is 5.32 Å². The van der Waals surface area contributed by atoms with Crippen LogP contribution in [0.25, 0.3) is 5.69 Å². The molecule has 0 aliphatic carbocycles. The molecule has 1 aromatic heterocycles. The number of piperidine rings is 1. The molecular weight excluding hydrogens is 416 g/mol. The lowest BCUT2D eigenvalue weighted by Crippen LogP contribution is -2.43. The van der Waals surface area contributed by atoms with E-state index in [0.29, 0.717) is 25.1 Å². The first kappa shape index (κ1) is 21.1. The van der Waals surface area contributed by atoms with Gasteiger partial charge in [-0.05, 0) is 71.7 Å². The Morgan fingerprint density at radius 3 is 2.52 bits per heavy atom. The van der Waals surface area contributed by atoms with Gasteiger partial charge in [-0.3, -0.25) is 4.79 Å². The summed E-state index contributed by atoms with van der Waals surface area (Å²) >= 11 is 0. The molecule has 9 nitrogen and oxygen atoms in total. The van der Waals surface area contributed by atoms with Crippen molar-refractivity contribution in [3.8, 4) is 5.69 Å². The quantitative estimate of drug-likeness (QED) is 0.630. The average Bonchev–Trinajstić information content (AvgIpc) is 3.35. The molecule has 2 heterocycles. The lowest BCUT2D eigenvalue weighted by Gasteiger charge is -2.31. The summed E-state index contributed by atoms with van der Waals surface area (Å²) in [6.07, 6.45) is 3.66. The highest BCUT2D eigenvalue weighted by Crippen LogP contribution is 2.25. The van der Waals surface area contributed by atoms with E-state index in [1.165, 1.54) is 33.0 Å². The van der Waals surface area contributed by atoms with Crippen molar-refractivity contribution in [2.45, 2.75) is 31.1 Å². The molecule has 1 amide bonds. The van der Waals surface area contributed by atoms with Crippen LogP contribution in [0.5, 0.6) is 0 Å². The van der Waals surface area contributed by atoms with Crippen LogP contribution in [0.4, 0.5) is 5.69 Å². The van der Waals surface area contributed by atoms with Gasteiger partial charge in [-0.15, -0.1) is 5.10 Å². The van der Waals surface area contributed by atoms with Crippen molar-refractivity contribution in [3.63, 3.8) is 0 Å².